The Kier molecular flexibility index (Phi) is 5.90. The van der Waals surface area contributed by atoms with Crippen LogP contribution in [0.15, 0.2) is 77.0 Å². The molecule has 0 bridgehead atoms. The van der Waals surface area contributed by atoms with Gasteiger partial charge in [0.25, 0.3) is 5.91 Å². The van der Waals surface area contributed by atoms with Gasteiger partial charge in [0.2, 0.25) is 5.88 Å². The lowest BCUT2D eigenvalue weighted by molar-refractivity contribution is -0.116. The molecule has 4 rings (SSSR count). The van der Waals surface area contributed by atoms with E-state index in [4.69, 9.17) is 5.26 Å². The Hall–Kier alpha value is -4.18. The van der Waals surface area contributed by atoms with Crippen LogP contribution in [0.5, 0.6) is 5.88 Å². The molecule has 31 heavy (non-hydrogen) atoms. The fraction of sp³-hybridized carbons (Fsp3) is 0.167. The minimum Gasteiger partial charge on any atom is -0.493 e. The first-order valence-electron chi connectivity index (χ1n) is 10.0. The number of rotatable bonds is 7. The third-order valence-corrected chi connectivity index (χ3v) is 5.07. The number of hydrogen-bond acceptors (Lipinski definition) is 5. The smallest absolute Gasteiger partial charge is 0.283 e. The van der Waals surface area contributed by atoms with Crippen LogP contribution in [0.1, 0.15) is 12.8 Å². The van der Waals surface area contributed by atoms with Crippen molar-refractivity contribution >= 4 is 39.0 Å². The van der Waals surface area contributed by atoms with E-state index in [0.29, 0.717) is 24.8 Å². The van der Waals surface area contributed by atoms with Crippen molar-refractivity contribution in [2.45, 2.75) is 19.4 Å². The number of carbonyl (C=O) groups excluding carboxylic acids is 1. The highest BCUT2D eigenvalue weighted by Crippen LogP contribution is 2.39. The number of amides is 1. The van der Waals surface area contributed by atoms with Crippen molar-refractivity contribution < 1.29 is 9.90 Å². The second kappa shape index (κ2) is 9.09. The van der Waals surface area contributed by atoms with Crippen molar-refractivity contribution in [1.29, 1.82) is 5.26 Å². The van der Waals surface area contributed by atoms with Gasteiger partial charge in [-0.05, 0) is 23.9 Å². The molecule has 1 aromatic heterocycles. The van der Waals surface area contributed by atoms with Crippen molar-refractivity contribution in [2.24, 2.45) is 10.2 Å². The summed E-state index contributed by atoms with van der Waals surface area (Å²) in [7, 11) is 0. The Labute approximate surface area is 179 Å². The normalized spacial score (nSPS) is 11.2. The largest absolute Gasteiger partial charge is 0.493 e. The van der Waals surface area contributed by atoms with E-state index in [-0.39, 0.29) is 18.1 Å². The topological polar surface area (TPSA) is 103 Å². The summed E-state index contributed by atoms with van der Waals surface area (Å²) in [6, 6.07) is 23.3. The molecule has 0 radical (unpaired) electrons. The molecule has 7 nitrogen and oxygen atoms in total. The molecule has 0 saturated heterocycles. The number of para-hydroxylation sites is 1. The average molecular weight is 411 g/mol. The molecule has 0 unspecified atom stereocenters. The summed E-state index contributed by atoms with van der Waals surface area (Å²) < 4.78 is 1.69. The van der Waals surface area contributed by atoms with Crippen LogP contribution >= 0.6 is 0 Å². The van der Waals surface area contributed by atoms with Crippen molar-refractivity contribution in [3.63, 3.8) is 0 Å². The van der Waals surface area contributed by atoms with Gasteiger partial charge in [0, 0.05) is 29.4 Å². The predicted molar refractivity (Wildman–Crippen MR) is 120 cm³/mol. The van der Waals surface area contributed by atoms with E-state index in [2.05, 4.69) is 21.6 Å². The molecule has 1 amide bonds. The Bertz CT molecular complexity index is 1310. The molecule has 0 spiro atoms. The number of nitrogens with zero attached hydrogens (tertiary/aromatic N) is 4. The molecule has 0 fully saturated rings. The molecule has 0 aliphatic carbocycles. The predicted octanol–water partition coefficient (Wildman–Crippen LogP) is 5.53. The Morgan fingerprint density at radius 3 is 2.61 bits per heavy atom. The van der Waals surface area contributed by atoms with Crippen molar-refractivity contribution in [3.05, 3.63) is 66.7 Å². The number of hydrogen-bond donors (Lipinski definition) is 2. The quantitative estimate of drug-likeness (QED) is 0.308. The third-order valence-electron chi connectivity index (χ3n) is 5.07. The zero-order valence-electron chi connectivity index (χ0n) is 16.8. The van der Waals surface area contributed by atoms with E-state index < -0.39 is 5.91 Å². The van der Waals surface area contributed by atoms with Gasteiger partial charge in [-0.3, -0.25) is 4.79 Å². The summed E-state index contributed by atoms with van der Waals surface area (Å²) in [5, 5.41) is 33.2. The highest BCUT2D eigenvalue weighted by molar-refractivity contribution is 5.96. The highest BCUT2D eigenvalue weighted by atomic mass is 16.3. The van der Waals surface area contributed by atoms with Gasteiger partial charge in [0.05, 0.1) is 18.1 Å². The van der Waals surface area contributed by atoms with E-state index in [0.717, 1.165) is 22.0 Å². The molecule has 7 heteroatoms. The summed E-state index contributed by atoms with van der Waals surface area (Å²) in [6.45, 7) is 0.463. The molecule has 4 aromatic rings. The monoisotopic (exact) mass is 411 g/mol. The summed E-state index contributed by atoms with van der Waals surface area (Å²) in [5.41, 5.74) is 1.89. The number of aromatic nitrogens is 1. The van der Waals surface area contributed by atoms with Gasteiger partial charge in [0.15, 0.2) is 5.69 Å². The van der Waals surface area contributed by atoms with Crippen LogP contribution in [0.2, 0.25) is 0 Å². The Morgan fingerprint density at radius 2 is 1.77 bits per heavy atom. The first kappa shape index (κ1) is 20.1. The average Bonchev–Trinajstić information content (AvgIpc) is 3.07. The molecule has 2 N–H and O–H groups in total. The van der Waals surface area contributed by atoms with Crippen LogP contribution in [0.3, 0.4) is 0 Å². The molecular formula is C24H21N5O2. The molecule has 1 heterocycles. The summed E-state index contributed by atoms with van der Waals surface area (Å²) in [4.78, 5) is 12.3. The van der Waals surface area contributed by atoms with Crippen LogP contribution in [0.4, 0.5) is 11.4 Å². The number of azo groups is 1. The maximum atomic E-state index is 12.3. The van der Waals surface area contributed by atoms with Gasteiger partial charge in [0.1, 0.15) is 0 Å². The number of benzene rings is 3. The van der Waals surface area contributed by atoms with E-state index >= 15 is 0 Å². The van der Waals surface area contributed by atoms with Crippen molar-refractivity contribution in [1.82, 2.24) is 4.57 Å². The van der Waals surface area contributed by atoms with Crippen LogP contribution in [-0.2, 0) is 11.3 Å². The lowest BCUT2D eigenvalue weighted by Crippen LogP contribution is -2.11. The van der Waals surface area contributed by atoms with E-state index in [1.165, 1.54) is 0 Å². The third kappa shape index (κ3) is 4.23. The minimum atomic E-state index is -0.450. The number of anilines is 1. The van der Waals surface area contributed by atoms with Crippen LogP contribution in [-0.4, -0.2) is 22.1 Å². The zero-order chi connectivity index (χ0) is 21.6. The van der Waals surface area contributed by atoms with Gasteiger partial charge in [-0.25, -0.2) is 0 Å². The van der Waals surface area contributed by atoms with Crippen LogP contribution in [0, 0.1) is 11.3 Å². The van der Waals surface area contributed by atoms with Gasteiger partial charge >= 0.3 is 0 Å². The molecule has 0 aliphatic rings. The summed E-state index contributed by atoms with van der Waals surface area (Å²) >= 11 is 0. The van der Waals surface area contributed by atoms with E-state index in [1.807, 2.05) is 66.7 Å². The summed E-state index contributed by atoms with van der Waals surface area (Å²) in [5.74, 6) is -0.508. The van der Waals surface area contributed by atoms with Crippen LogP contribution in [0.25, 0.3) is 21.7 Å². The molecule has 0 atom stereocenters. The molecular weight excluding hydrogens is 390 g/mol. The van der Waals surface area contributed by atoms with E-state index in [9.17, 15) is 9.90 Å². The molecule has 0 aliphatic heterocycles. The molecule has 0 saturated carbocycles. The Morgan fingerprint density at radius 1 is 1.03 bits per heavy atom. The highest BCUT2D eigenvalue weighted by Gasteiger charge is 2.16. The number of aromatic hydroxyl groups is 1. The number of nitriles is 1. The van der Waals surface area contributed by atoms with Gasteiger partial charge in [-0.2, -0.15) is 5.26 Å². The minimum absolute atomic E-state index is 0.0148. The van der Waals surface area contributed by atoms with Crippen LogP contribution < -0.4 is 5.32 Å². The maximum absolute atomic E-state index is 12.3. The maximum Gasteiger partial charge on any atom is 0.283 e. The first-order valence-corrected chi connectivity index (χ1v) is 10.0. The number of nitrogens with one attached hydrogen (secondary N) is 1. The van der Waals surface area contributed by atoms with Gasteiger partial charge < -0.3 is 15.0 Å². The van der Waals surface area contributed by atoms with Gasteiger partial charge in [-0.15, -0.1) is 10.2 Å². The number of carbonyl (C=O) groups is 1. The van der Waals surface area contributed by atoms with Crippen molar-refractivity contribution in [3.8, 4) is 11.9 Å². The number of aryl methyl sites for hydroxylation is 1. The number of fused-ring (bicyclic) bond motifs is 2. The Balaban J connectivity index is 1.52. The zero-order valence-corrected chi connectivity index (χ0v) is 16.8. The van der Waals surface area contributed by atoms with E-state index in [1.54, 1.807) is 4.57 Å². The van der Waals surface area contributed by atoms with Crippen molar-refractivity contribution in [2.75, 3.05) is 11.9 Å². The lowest BCUT2D eigenvalue weighted by Gasteiger charge is -2.07. The fourth-order valence-electron chi connectivity index (χ4n) is 3.60. The number of unbranched alkanes of at least 4 members (excludes halogenated alkanes) is 1. The fourth-order valence-corrected chi connectivity index (χ4v) is 3.60. The lowest BCUT2D eigenvalue weighted by atomic mass is 10.1. The standard InChI is InChI=1S/C24H21N5O2/c25-14-5-6-15-29-21-13-4-3-11-19(21)23(24(29)31)28-27-22(30)16-26-20-12-7-9-17-8-1-2-10-18(17)20/h1-4,7-13,26,31H,5-6,15-16H2. The second-order valence-electron chi connectivity index (χ2n) is 7.08. The molecule has 154 valence electrons. The first-order chi connectivity index (χ1) is 15.2. The SMILES string of the molecule is N#CCCCn1c(O)c(N=NC(=O)CNc2cccc3ccccc23)c2ccccc21. The molecule has 3 aromatic carbocycles. The summed E-state index contributed by atoms with van der Waals surface area (Å²) in [6.07, 6.45) is 0.994. The van der Waals surface area contributed by atoms with Gasteiger partial charge in [-0.1, -0.05) is 54.6 Å². The second-order valence-corrected chi connectivity index (χ2v) is 7.08.